The number of nitrogens with one attached hydrogen (secondary N) is 1. The molecule has 0 aromatic heterocycles. The van der Waals surface area contributed by atoms with Gasteiger partial charge in [0.05, 0.1) is 28.4 Å². The smallest absolute Gasteiger partial charge is 0.366 e. The van der Waals surface area contributed by atoms with Gasteiger partial charge in [0, 0.05) is 26.7 Å². The van der Waals surface area contributed by atoms with Crippen molar-refractivity contribution in [1.82, 2.24) is 0 Å². The molecule has 19 heteroatoms. The van der Waals surface area contributed by atoms with Crippen LogP contribution in [0.25, 0.3) is 11.1 Å². The Morgan fingerprint density at radius 3 is 1.87 bits per heavy atom. The van der Waals surface area contributed by atoms with Gasteiger partial charge in [-0.3, -0.25) is 9.59 Å². The quantitative estimate of drug-likeness (QED) is 0.250. The molecule has 0 spiro atoms. The first-order chi connectivity index (χ1) is 20.4. The van der Waals surface area contributed by atoms with Crippen molar-refractivity contribution >= 4 is 33.4 Å². The Hall–Kier alpha value is -4.34. The molecule has 0 bridgehead atoms. The van der Waals surface area contributed by atoms with Crippen molar-refractivity contribution < 1.29 is 66.7 Å². The van der Waals surface area contributed by atoms with Gasteiger partial charge in [0.25, 0.3) is 11.8 Å². The van der Waals surface area contributed by atoms with E-state index in [1.165, 1.54) is 5.32 Å². The largest absolute Gasteiger partial charge is 0.458 e. The van der Waals surface area contributed by atoms with Gasteiger partial charge >= 0.3 is 30.1 Å². The molecule has 240 valence electrons. The number of rotatable bonds is 6. The number of carbonyl (C=O) groups is 2. The summed E-state index contributed by atoms with van der Waals surface area (Å²) in [5, 5.41) is 10.9. The fraction of sp³-hybridized carbons (Fsp3) is 0.192. The second-order valence-corrected chi connectivity index (χ2v) is 9.82. The van der Waals surface area contributed by atoms with Gasteiger partial charge in [-0.15, -0.1) is 0 Å². The maximum Gasteiger partial charge on any atom is 0.458 e. The summed E-state index contributed by atoms with van der Waals surface area (Å²) < 4.78 is 177. The van der Waals surface area contributed by atoms with Crippen LogP contribution in [-0.2, 0) is 11.6 Å². The molecule has 0 aliphatic carbocycles. The number of hydrogen-bond acceptors (Lipinski definition) is 3. The van der Waals surface area contributed by atoms with Gasteiger partial charge in [0.1, 0.15) is 5.82 Å². The van der Waals surface area contributed by atoms with Gasteiger partial charge in [-0.2, -0.15) is 53.6 Å². The van der Waals surface area contributed by atoms with Gasteiger partial charge in [-0.05, 0) is 52.3 Å². The third-order valence-electron chi connectivity index (χ3n) is 6.16. The van der Waals surface area contributed by atoms with E-state index in [1.807, 2.05) is 0 Å². The lowest BCUT2D eigenvalue weighted by molar-refractivity contribution is -0.348. The van der Waals surface area contributed by atoms with Crippen molar-refractivity contribution in [2.24, 2.45) is 5.73 Å². The molecule has 3 N–H and O–H groups in total. The number of carbonyl (C=O) groups excluding carboxylic acids is 2. The first-order valence-electron chi connectivity index (χ1n) is 11.5. The summed E-state index contributed by atoms with van der Waals surface area (Å²) in [6, 6.07) is 5.60. The second kappa shape index (κ2) is 11.5. The molecular formula is C26H11BrF13N3O2. The van der Waals surface area contributed by atoms with Gasteiger partial charge in [-0.1, -0.05) is 12.1 Å². The Labute approximate surface area is 250 Å². The van der Waals surface area contributed by atoms with E-state index in [2.05, 4.69) is 15.9 Å². The maximum absolute atomic E-state index is 15.0. The zero-order valence-electron chi connectivity index (χ0n) is 21.3. The first kappa shape index (κ1) is 35.1. The molecule has 0 aliphatic rings. The molecule has 3 rings (SSSR count). The average Bonchev–Trinajstić information content (AvgIpc) is 2.91. The van der Waals surface area contributed by atoms with Crippen LogP contribution in [0.4, 0.5) is 62.8 Å². The lowest BCUT2D eigenvalue weighted by Gasteiger charge is -2.32. The monoisotopic (exact) mass is 723 g/mol. The van der Waals surface area contributed by atoms with Gasteiger partial charge < -0.3 is 11.1 Å². The lowest BCUT2D eigenvalue weighted by Crippen LogP contribution is -2.50. The Balaban J connectivity index is 2.27. The highest BCUT2D eigenvalue weighted by Gasteiger charge is 2.74. The van der Waals surface area contributed by atoms with Crippen LogP contribution < -0.4 is 11.1 Å². The van der Waals surface area contributed by atoms with Crippen molar-refractivity contribution in [3.05, 3.63) is 86.6 Å². The highest BCUT2D eigenvalue weighted by molar-refractivity contribution is 9.10. The molecule has 0 saturated heterocycles. The summed E-state index contributed by atoms with van der Waals surface area (Å²) in [6.07, 6.45) is -20.5. The van der Waals surface area contributed by atoms with Crippen LogP contribution in [0.5, 0.6) is 0 Å². The van der Waals surface area contributed by atoms with Gasteiger partial charge in [0.15, 0.2) is 0 Å². The van der Waals surface area contributed by atoms with E-state index in [1.54, 1.807) is 6.07 Å². The van der Waals surface area contributed by atoms with Crippen LogP contribution >= 0.6 is 15.9 Å². The number of nitrogens with two attached hydrogens (primary N) is 1. The predicted molar refractivity (Wildman–Crippen MR) is 132 cm³/mol. The highest BCUT2D eigenvalue weighted by Crippen LogP contribution is 2.56. The topological polar surface area (TPSA) is 96.0 Å². The third kappa shape index (κ3) is 6.15. The Kier molecular flexibility index (Phi) is 9.01. The van der Waals surface area contributed by atoms with Crippen molar-refractivity contribution in [3.8, 4) is 17.2 Å². The summed E-state index contributed by atoms with van der Waals surface area (Å²) >= 11 is 2.24. The average molecular weight is 724 g/mol. The summed E-state index contributed by atoms with van der Waals surface area (Å²) in [4.78, 5) is 24.5. The SMILES string of the molecule is N#Cc1ccc(C(=O)Nc2c(Br)cc(C(F)(C(F)(F)F)C(F)(F)F)cc2C(F)(F)C(F)(F)F)cc1-c1cccc(C(N)=O)c1F. The second-order valence-electron chi connectivity index (χ2n) is 8.96. The molecule has 2 amide bonds. The molecule has 3 aromatic rings. The van der Waals surface area contributed by atoms with E-state index >= 15 is 0 Å². The van der Waals surface area contributed by atoms with Crippen LogP contribution in [-0.4, -0.2) is 30.3 Å². The third-order valence-corrected chi connectivity index (χ3v) is 6.78. The number of anilines is 1. The van der Waals surface area contributed by atoms with Crippen LogP contribution in [0, 0.1) is 17.1 Å². The van der Waals surface area contributed by atoms with E-state index in [-0.39, 0.29) is 5.56 Å². The molecule has 0 unspecified atom stereocenters. The number of halogens is 14. The Morgan fingerprint density at radius 1 is 0.800 bits per heavy atom. The molecule has 0 aliphatic heterocycles. The number of amides is 2. The minimum atomic E-state index is -6.90. The first-order valence-corrected chi connectivity index (χ1v) is 12.2. The normalized spacial score (nSPS) is 12.9. The molecule has 0 atom stereocenters. The van der Waals surface area contributed by atoms with Crippen LogP contribution in [0.15, 0.2) is 53.0 Å². The molecule has 3 aromatic carbocycles. The van der Waals surface area contributed by atoms with Crippen LogP contribution in [0.1, 0.15) is 37.4 Å². The van der Waals surface area contributed by atoms with Crippen LogP contribution in [0.2, 0.25) is 0 Å². The van der Waals surface area contributed by atoms with E-state index in [4.69, 9.17) is 5.73 Å². The summed E-state index contributed by atoms with van der Waals surface area (Å²) in [6.45, 7) is 0. The van der Waals surface area contributed by atoms with Crippen molar-refractivity contribution in [2.75, 3.05) is 5.32 Å². The number of hydrogen-bond donors (Lipinski definition) is 2. The van der Waals surface area contributed by atoms with E-state index in [0.29, 0.717) is 6.07 Å². The standard InChI is InChI=1S/C26H11BrF13N3O2/c27-17-8-12(22(29,24(32,33)34)25(35,36)37)7-16(23(30,31)26(38,39)40)19(17)43-21(45)10-4-5-11(9-41)15(6-10)13-2-1-3-14(18(13)28)20(42)44/h1-8H,(H2,42,44)(H,43,45). The lowest BCUT2D eigenvalue weighted by atomic mass is 9.90. The molecule has 0 radical (unpaired) electrons. The molecular weight excluding hydrogens is 713 g/mol. The van der Waals surface area contributed by atoms with E-state index < -0.39 is 103 Å². The summed E-state index contributed by atoms with van der Waals surface area (Å²) in [5.41, 5.74) is -11.2. The minimum Gasteiger partial charge on any atom is -0.366 e. The van der Waals surface area contributed by atoms with Crippen LogP contribution in [0.3, 0.4) is 0 Å². The molecule has 0 saturated carbocycles. The van der Waals surface area contributed by atoms with Crippen molar-refractivity contribution in [1.29, 1.82) is 5.26 Å². The highest BCUT2D eigenvalue weighted by atomic mass is 79.9. The number of nitrogens with zero attached hydrogens (tertiary/aromatic N) is 1. The number of primary amides is 1. The maximum atomic E-state index is 15.0. The number of benzene rings is 3. The Bertz CT molecular complexity index is 1710. The summed E-state index contributed by atoms with van der Waals surface area (Å²) in [5.74, 6) is -10.5. The molecule has 5 nitrogen and oxygen atoms in total. The minimum absolute atomic E-state index is 0.361. The van der Waals surface area contributed by atoms with Gasteiger partial charge in [-0.25, -0.2) is 8.78 Å². The Morgan fingerprint density at radius 2 is 1.38 bits per heavy atom. The van der Waals surface area contributed by atoms with Crippen molar-refractivity contribution in [3.63, 3.8) is 0 Å². The molecule has 45 heavy (non-hydrogen) atoms. The molecule has 0 fully saturated rings. The van der Waals surface area contributed by atoms with Crippen molar-refractivity contribution in [2.45, 2.75) is 30.1 Å². The number of alkyl halides is 12. The predicted octanol–water partition coefficient (Wildman–Crippen LogP) is 8.42. The fourth-order valence-electron chi connectivity index (χ4n) is 3.94. The van der Waals surface area contributed by atoms with E-state index in [0.717, 1.165) is 30.3 Å². The number of nitriles is 1. The molecule has 0 heterocycles. The van der Waals surface area contributed by atoms with E-state index in [9.17, 15) is 71.9 Å². The zero-order valence-corrected chi connectivity index (χ0v) is 22.8. The summed E-state index contributed by atoms with van der Waals surface area (Å²) in [7, 11) is 0. The van der Waals surface area contributed by atoms with Gasteiger partial charge in [0.2, 0.25) is 0 Å². The zero-order chi connectivity index (χ0) is 34.5. The fourth-order valence-corrected chi connectivity index (χ4v) is 4.50.